The third-order valence-electron chi connectivity index (χ3n) is 1.85. The smallest absolute Gasteiger partial charge is 0.158 e. The van der Waals surface area contributed by atoms with E-state index in [9.17, 15) is 5.11 Å². The SMILES string of the molecule is OCc1cc(Br)cnc1-n1cc(Br)cn1. The predicted molar refractivity (Wildman–Crippen MR) is 62.7 cm³/mol. The lowest BCUT2D eigenvalue weighted by Gasteiger charge is -2.05. The monoisotopic (exact) mass is 331 g/mol. The van der Waals surface area contributed by atoms with Gasteiger partial charge in [0, 0.05) is 22.4 Å². The molecule has 0 aliphatic rings. The minimum atomic E-state index is -0.0702. The van der Waals surface area contributed by atoms with Crippen molar-refractivity contribution in [3.05, 3.63) is 39.2 Å². The van der Waals surface area contributed by atoms with Crippen LogP contribution in [-0.4, -0.2) is 19.9 Å². The second-order valence-corrected chi connectivity index (χ2v) is 4.73. The standard InChI is InChI=1S/C9H7Br2N3O/c10-7-1-6(5-15)9(12-2-7)14-4-8(11)3-13-14/h1-4,15H,5H2. The molecule has 0 aliphatic carbocycles. The quantitative estimate of drug-likeness (QED) is 0.918. The van der Waals surface area contributed by atoms with Crippen molar-refractivity contribution < 1.29 is 5.11 Å². The molecule has 0 saturated carbocycles. The summed E-state index contributed by atoms with van der Waals surface area (Å²) in [6.45, 7) is -0.0702. The Morgan fingerprint density at radius 3 is 2.67 bits per heavy atom. The van der Waals surface area contributed by atoms with Crippen molar-refractivity contribution in [1.82, 2.24) is 14.8 Å². The fourth-order valence-corrected chi connectivity index (χ4v) is 1.88. The van der Waals surface area contributed by atoms with E-state index in [1.54, 1.807) is 23.3 Å². The van der Waals surface area contributed by atoms with Crippen LogP contribution in [0.15, 0.2) is 33.6 Å². The summed E-state index contributed by atoms with van der Waals surface area (Å²) >= 11 is 6.61. The average molecular weight is 333 g/mol. The highest BCUT2D eigenvalue weighted by molar-refractivity contribution is 9.10. The van der Waals surface area contributed by atoms with Crippen LogP contribution in [0, 0.1) is 0 Å². The Balaban J connectivity index is 2.52. The fourth-order valence-electron chi connectivity index (χ4n) is 1.21. The van der Waals surface area contributed by atoms with Crippen molar-refractivity contribution in [2.75, 3.05) is 0 Å². The van der Waals surface area contributed by atoms with Crippen LogP contribution in [0.5, 0.6) is 0 Å². The molecule has 1 N–H and O–H groups in total. The molecule has 0 radical (unpaired) electrons. The van der Waals surface area contributed by atoms with Crippen molar-refractivity contribution in [3.63, 3.8) is 0 Å². The Morgan fingerprint density at radius 2 is 2.07 bits per heavy atom. The molecule has 15 heavy (non-hydrogen) atoms. The van der Waals surface area contributed by atoms with Crippen molar-refractivity contribution in [2.45, 2.75) is 6.61 Å². The summed E-state index contributed by atoms with van der Waals surface area (Å²) in [4.78, 5) is 4.21. The summed E-state index contributed by atoms with van der Waals surface area (Å²) in [6.07, 6.45) is 5.13. The molecule has 2 aromatic rings. The average Bonchev–Trinajstić information content (AvgIpc) is 2.64. The van der Waals surface area contributed by atoms with Gasteiger partial charge in [-0.3, -0.25) is 0 Å². The van der Waals surface area contributed by atoms with E-state index in [-0.39, 0.29) is 6.61 Å². The molecule has 4 nitrogen and oxygen atoms in total. The number of rotatable bonds is 2. The maximum atomic E-state index is 9.20. The van der Waals surface area contributed by atoms with Gasteiger partial charge in [0.1, 0.15) is 0 Å². The second kappa shape index (κ2) is 4.42. The van der Waals surface area contributed by atoms with Gasteiger partial charge in [0.2, 0.25) is 0 Å². The summed E-state index contributed by atoms with van der Waals surface area (Å²) in [6, 6.07) is 1.82. The Morgan fingerprint density at radius 1 is 1.27 bits per heavy atom. The van der Waals surface area contributed by atoms with Gasteiger partial charge in [0.25, 0.3) is 0 Å². The lowest BCUT2D eigenvalue weighted by Crippen LogP contribution is -2.03. The molecule has 0 unspecified atom stereocenters. The molecule has 0 aliphatic heterocycles. The van der Waals surface area contributed by atoms with Gasteiger partial charge in [0.15, 0.2) is 5.82 Å². The van der Waals surface area contributed by atoms with Crippen LogP contribution >= 0.6 is 31.9 Å². The van der Waals surface area contributed by atoms with Crippen LogP contribution in [0.2, 0.25) is 0 Å². The van der Waals surface area contributed by atoms with E-state index in [2.05, 4.69) is 41.9 Å². The molecule has 0 bridgehead atoms. The van der Waals surface area contributed by atoms with Gasteiger partial charge in [0.05, 0.1) is 17.3 Å². The van der Waals surface area contributed by atoms with Gasteiger partial charge in [-0.25, -0.2) is 9.67 Å². The first kappa shape index (κ1) is 10.8. The Bertz CT molecular complexity index is 484. The van der Waals surface area contributed by atoms with E-state index in [0.717, 1.165) is 14.5 Å². The fraction of sp³-hybridized carbons (Fsp3) is 0.111. The van der Waals surface area contributed by atoms with Crippen LogP contribution < -0.4 is 0 Å². The van der Waals surface area contributed by atoms with Crippen LogP contribution in [-0.2, 0) is 6.61 Å². The highest BCUT2D eigenvalue weighted by Crippen LogP contribution is 2.18. The molecule has 2 aromatic heterocycles. The van der Waals surface area contributed by atoms with Crippen molar-refractivity contribution >= 4 is 31.9 Å². The summed E-state index contributed by atoms with van der Waals surface area (Å²) in [7, 11) is 0. The number of aliphatic hydroxyl groups excluding tert-OH is 1. The molecule has 0 saturated heterocycles. The first-order valence-corrected chi connectivity index (χ1v) is 5.75. The minimum absolute atomic E-state index is 0.0702. The van der Waals surface area contributed by atoms with E-state index in [0.29, 0.717) is 5.82 Å². The summed E-state index contributed by atoms with van der Waals surface area (Å²) in [5.74, 6) is 0.631. The number of nitrogens with zero attached hydrogens (tertiary/aromatic N) is 3. The van der Waals surface area contributed by atoms with Gasteiger partial charge in [-0.15, -0.1) is 0 Å². The van der Waals surface area contributed by atoms with E-state index in [4.69, 9.17) is 0 Å². The Kier molecular flexibility index (Phi) is 3.18. The van der Waals surface area contributed by atoms with E-state index in [1.807, 2.05) is 6.07 Å². The number of aliphatic hydroxyl groups is 1. The molecular formula is C9H7Br2N3O. The number of pyridine rings is 1. The Hall–Kier alpha value is -0.720. The molecule has 0 fully saturated rings. The molecule has 2 heterocycles. The number of hydrogen-bond acceptors (Lipinski definition) is 3. The molecule has 6 heteroatoms. The Labute approximate surface area is 103 Å². The van der Waals surface area contributed by atoms with Crippen LogP contribution in [0.1, 0.15) is 5.56 Å². The normalized spacial score (nSPS) is 10.6. The third-order valence-corrected chi connectivity index (χ3v) is 2.69. The van der Waals surface area contributed by atoms with Crippen LogP contribution in [0.25, 0.3) is 5.82 Å². The third kappa shape index (κ3) is 2.27. The molecule has 0 spiro atoms. The van der Waals surface area contributed by atoms with Crippen LogP contribution in [0.4, 0.5) is 0 Å². The lowest BCUT2D eigenvalue weighted by atomic mass is 10.3. The molecule has 0 amide bonds. The van der Waals surface area contributed by atoms with Gasteiger partial charge in [-0.1, -0.05) is 0 Å². The van der Waals surface area contributed by atoms with Crippen LogP contribution in [0.3, 0.4) is 0 Å². The topological polar surface area (TPSA) is 50.9 Å². The zero-order valence-corrected chi connectivity index (χ0v) is 10.7. The van der Waals surface area contributed by atoms with Crippen molar-refractivity contribution in [1.29, 1.82) is 0 Å². The lowest BCUT2D eigenvalue weighted by molar-refractivity contribution is 0.280. The zero-order valence-electron chi connectivity index (χ0n) is 7.56. The minimum Gasteiger partial charge on any atom is -0.392 e. The predicted octanol–water partition coefficient (Wildman–Crippen LogP) is 2.28. The highest BCUT2D eigenvalue weighted by atomic mass is 79.9. The molecular weight excluding hydrogens is 326 g/mol. The first-order chi connectivity index (χ1) is 7.20. The zero-order chi connectivity index (χ0) is 10.8. The molecule has 0 atom stereocenters. The summed E-state index contributed by atoms with van der Waals surface area (Å²) in [5.41, 5.74) is 0.722. The maximum Gasteiger partial charge on any atom is 0.158 e. The van der Waals surface area contributed by atoms with E-state index in [1.165, 1.54) is 0 Å². The largest absolute Gasteiger partial charge is 0.392 e. The van der Waals surface area contributed by atoms with Gasteiger partial charge < -0.3 is 5.11 Å². The number of aromatic nitrogens is 3. The second-order valence-electron chi connectivity index (χ2n) is 2.90. The first-order valence-electron chi connectivity index (χ1n) is 4.16. The summed E-state index contributed by atoms with van der Waals surface area (Å²) < 4.78 is 3.32. The number of hydrogen-bond donors (Lipinski definition) is 1. The van der Waals surface area contributed by atoms with Crippen molar-refractivity contribution in [2.24, 2.45) is 0 Å². The van der Waals surface area contributed by atoms with Gasteiger partial charge in [-0.2, -0.15) is 5.10 Å². The van der Waals surface area contributed by atoms with Crippen molar-refractivity contribution in [3.8, 4) is 5.82 Å². The molecule has 2 rings (SSSR count). The molecule has 0 aromatic carbocycles. The highest BCUT2D eigenvalue weighted by Gasteiger charge is 2.07. The van der Waals surface area contributed by atoms with E-state index < -0.39 is 0 Å². The number of halogens is 2. The maximum absolute atomic E-state index is 9.20. The molecule has 78 valence electrons. The van der Waals surface area contributed by atoms with E-state index >= 15 is 0 Å². The summed E-state index contributed by atoms with van der Waals surface area (Å²) in [5, 5.41) is 13.3. The van der Waals surface area contributed by atoms with Gasteiger partial charge in [-0.05, 0) is 37.9 Å². The van der Waals surface area contributed by atoms with Gasteiger partial charge >= 0.3 is 0 Å².